The topological polar surface area (TPSA) is 66.6 Å². The highest BCUT2D eigenvalue weighted by atomic mass is 16.2. The molecule has 1 heterocycles. The number of primary amides is 1. The van der Waals surface area contributed by atoms with Crippen molar-refractivity contribution in [3.8, 4) is 0 Å². The number of rotatable bonds is 8. The van der Waals surface area contributed by atoms with Crippen molar-refractivity contribution in [3.05, 3.63) is 0 Å². The van der Waals surface area contributed by atoms with Crippen LogP contribution in [0.5, 0.6) is 0 Å². The van der Waals surface area contributed by atoms with Crippen LogP contribution in [-0.2, 0) is 9.59 Å². The predicted octanol–water partition coefficient (Wildman–Crippen LogP) is 2.10. The molecule has 0 spiro atoms. The van der Waals surface area contributed by atoms with Gasteiger partial charge in [0.25, 0.3) is 0 Å². The van der Waals surface area contributed by atoms with Crippen LogP contribution in [0.3, 0.4) is 0 Å². The molecule has 1 aliphatic heterocycles. The summed E-state index contributed by atoms with van der Waals surface area (Å²) in [5.74, 6) is -0.408. The van der Waals surface area contributed by atoms with E-state index < -0.39 is 0 Å². The highest BCUT2D eigenvalue weighted by molar-refractivity contribution is 5.87. The Kier molecular flexibility index (Phi) is 8.03. The van der Waals surface area contributed by atoms with Crippen LogP contribution < -0.4 is 5.73 Å². The largest absolute Gasteiger partial charge is 0.369 e. The fourth-order valence-corrected chi connectivity index (χ4v) is 3.63. The molecule has 0 radical (unpaired) electrons. The van der Waals surface area contributed by atoms with E-state index in [-0.39, 0.29) is 23.7 Å². The first-order valence-corrected chi connectivity index (χ1v) is 9.02. The van der Waals surface area contributed by atoms with Crippen LogP contribution >= 0.6 is 0 Å². The van der Waals surface area contributed by atoms with Gasteiger partial charge in [0.2, 0.25) is 11.8 Å². The summed E-state index contributed by atoms with van der Waals surface area (Å²) in [5.41, 5.74) is 5.61. The van der Waals surface area contributed by atoms with Gasteiger partial charge in [-0.15, -0.1) is 0 Å². The number of hydrogen-bond acceptors (Lipinski definition) is 3. The summed E-state index contributed by atoms with van der Waals surface area (Å²) < 4.78 is 0. The quantitative estimate of drug-likeness (QED) is 0.743. The van der Waals surface area contributed by atoms with Crippen LogP contribution in [0.25, 0.3) is 0 Å². The van der Waals surface area contributed by atoms with Crippen molar-refractivity contribution in [1.29, 1.82) is 0 Å². The fraction of sp³-hybridized carbons (Fsp3) is 0.889. The maximum absolute atomic E-state index is 13.0. The maximum Gasteiger partial charge on any atom is 0.226 e. The van der Waals surface area contributed by atoms with Crippen molar-refractivity contribution in [2.24, 2.45) is 23.5 Å². The van der Waals surface area contributed by atoms with E-state index in [1.165, 1.54) is 0 Å². The van der Waals surface area contributed by atoms with Gasteiger partial charge in [0.1, 0.15) is 0 Å². The molecule has 1 saturated heterocycles. The second kappa shape index (κ2) is 9.26. The zero-order chi connectivity index (χ0) is 17.6. The zero-order valence-electron chi connectivity index (χ0n) is 15.5. The van der Waals surface area contributed by atoms with E-state index in [4.69, 9.17) is 5.73 Å². The first-order chi connectivity index (χ1) is 10.8. The predicted molar refractivity (Wildman–Crippen MR) is 93.8 cm³/mol. The van der Waals surface area contributed by atoms with Gasteiger partial charge in [0, 0.05) is 31.0 Å². The smallest absolute Gasteiger partial charge is 0.226 e. The molecule has 0 bridgehead atoms. The van der Waals surface area contributed by atoms with Gasteiger partial charge in [0.15, 0.2) is 0 Å². The SMILES string of the molecule is CCCC(C(N)=O)C(CC(C)C)C(=O)N1CCC(N(C)C)CC1. The third-order valence-corrected chi connectivity index (χ3v) is 5.00. The summed E-state index contributed by atoms with van der Waals surface area (Å²) in [4.78, 5) is 29.1. The molecule has 2 N–H and O–H groups in total. The summed E-state index contributed by atoms with van der Waals surface area (Å²) in [5, 5.41) is 0. The maximum atomic E-state index is 13.0. The molecule has 23 heavy (non-hydrogen) atoms. The number of nitrogens with zero attached hydrogens (tertiary/aromatic N) is 2. The van der Waals surface area contributed by atoms with Crippen molar-refractivity contribution >= 4 is 11.8 Å². The molecule has 0 saturated carbocycles. The van der Waals surface area contributed by atoms with Crippen LogP contribution in [0, 0.1) is 17.8 Å². The molecule has 1 aliphatic rings. The van der Waals surface area contributed by atoms with Crippen LogP contribution in [0.1, 0.15) is 52.9 Å². The number of amides is 2. The molecule has 2 atom stereocenters. The highest BCUT2D eigenvalue weighted by Crippen LogP contribution is 2.28. The van der Waals surface area contributed by atoms with Crippen molar-refractivity contribution < 1.29 is 9.59 Å². The van der Waals surface area contributed by atoms with Gasteiger partial charge in [-0.2, -0.15) is 0 Å². The van der Waals surface area contributed by atoms with E-state index in [9.17, 15) is 9.59 Å². The summed E-state index contributed by atoms with van der Waals surface area (Å²) >= 11 is 0. The third-order valence-electron chi connectivity index (χ3n) is 5.00. The Bertz CT molecular complexity index is 388. The molecule has 5 heteroatoms. The third kappa shape index (κ3) is 5.79. The number of nitrogens with two attached hydrogens (primary N) is 1. The van der Waals surface area contributed by atoms with E-state index >= 15 is 0 Å². The summed E-state index contributed by atoms with van der Waals surface area (Å²) in [6, 6.07) is 0.546. The average molecular weight is 325 g/mol. The lowest BCUT2D eigenvalue weighted by molar-refractivity contribution is -0.143. The van der Waals surface area contributed by atoms with Crippen molar-refractivity contribution in [3.63, 3.8) is 0 Å². The Hall–Kier alpha value is -1.10. The van der Waals surface area contributed by atoms with Crippen LogP contribution in [0.2, 0.25) is 0 Å². The second-order valence-corrected chi connectivity index (χ2v) is 7.55. The highest BCUT2D eigenvalue weighted by Gasteiger charge is 2.36. The van der Waals surface area contributed by atoms with E-state index in [0.717, 1.165) is 38.8 Å². The van der Waals surface area contributed by atoms with E-state index in [2.05, 4.69) is 32.8 Å². The first-order valence-electron chi connectivity index (χ1n) is 9.02. The minimum absolute atomic E-state index is 0.133. The minimum Gasteiger partial charge on any atom is -0.369 e. The van der Waals surface area contributed by atoms with Gasteiger partial charge in [-0.25, -0.2) is 0 Å². The Morgan fingerprint density at radius 2 is 1.74 bits per heavy atom. The molecule has 0 aromatic carbocycles. The lowest BCUT2D eigenvalue weighted by Crippen LogP contribution is -2.49. The molecule has 0 aliphatic carbocycles. The van der Waals surface area contributed by atoms with Gasteiger partial charge in [0.05, 0.1) is 0 Å². The fourth-order valence-electron chi connectivity index (χ4n) is 3.63. The van der Waals surface area contributed by atoms with E-state index in [1.54, 1.807) is 0 Å². The molecular weight excluding hydrogens is 290 g/mol. The summed E-state index contributed by atoms with van der Waals surface area (Å²) in [6.07, 6.45) is 4.31. The first kappa shape index (κ1) is 19.9. The standard InChI is InChI=1S/C18H35N3O2/c1-6-7-15(17(19)22)16(12-13(2)3)18(23)21-10-8-14(9-11-21)20(4)5/h13-16H,6-12H2,1-5H3,(H2,19,22). The number of likely N-dealkylation sites (tertiary alicyclic amines) is 1. The lowest BCUT2D eigenvalue weighted by atomic mass is 9.81. The summed E-state index contributed by atoms with van der Waals surface area (Å²) in [7, 11) is 4.18. The number of carbonyl (C=O) groups excluding carboxylic acids is 2. The van der Waals surface area contributed by atoms with E-state index in [1.807, 2.05) is 11.8 Å². The monoisotopic (exact) mass is 325 g/mol. The molecule has 1 rings (SSSR count). The molecule has 0 aromatic rings. The van der Waals surface area contributed by atoms with Crippen LogP contribution in [0.15, 0.2) is 0 Å². The normalized spacial score (nSPS) is 19.2. The van der Waals surface area contributed by atoms with Crippen molar-refractivity contribution in [2.75, 3.05) is 27.2 Å². The number of carbonyl (C=O) groups is 2. The number of hydrogen-bond donors (Lipinski definition) is 1. The summed E-state index contributed by atoms with van der Waals surface area (Å²) in [6.45, 7) is 7.81. The molecule has 134 valence electrons. The van der Waals surface area contributed by atoms with Gasteiger partial charge in [-0.05, 0) is 45.7 Å². The van der Waals surface area contributed by atoms with Crippen LogP contribution in [0.4, 0.5) is 0 Å². The van der Waals surface area contributed by atoms with Crippen LogP contribution in [-0.4, -0.2) is 54.8 Å². The Morgan fingerprint density at radius 3 is 2.13 bits per heavy atom. The molecular formula is C18H35N3O2. The van der Waals surface area contributed by atoms with E-state index in [0.29, 0.717) is 18.4 Å². The molecule has 1 fully saturated rings. The van der Waals surface area contributed by atoms with Gasteiger partial charge in [-0.3, -0.25) is 9.59 Å². The number of piperidine rings is 1. The van der Waals surface area contributed by atoms with Gasteiger partial charge in [-0.1, -0.05) is 27.2 Å². The average Bonchev–Trinajstić information content (AvgIpc) is 2.49. The van der Waals surface area contributed by atoms with Crippen molar-refractivity contribution in [1.82, 2.24) is 9.80 Å². The molecule has 5 nitrogen and oxygen atoms in total. The molecule has 0 aromatic heterocycles. The zero-order valence-corrected chi connectivity index (χ0v) is 15.5. The lowest BCUT2D eigenvalue weighted by Gasteiger charge is -2.38. The van der Waals surface area contributed by atoms with Gasteiger partial charge < -0.3 is 15.5 Å². The Morgan fingerprint density at radius 1 is 1.17 bits per heavy atom. The van der Waals surface area contributed by atoms with Gasteiger partial charge >= 0.3 is 0 Å². The van der Waals surface area contributed by atoms with Crippen molar-refractivity contribution in [2.45, 2.75) is 58.9 Å². The molecule has 2 amide bonds. The Balaban J connectivity index is 2.81. The second-order valence-electron chi connectivity index (χ2n) is 7.55. The molecule has 2 unspecified atom stereocenters. The minimum atomic E-state index is -0.332. The Labute approximate surface area is 141 Å².